The molecule has 6 aromatic carbocycles. The van der Waals surface area contributed by atoms with Gasteiger partial charge < -0.3 is 0 Å². The summed E-state index contributed by atoms with van der Waals surface area (Å²) < 4.78 is 0. The average molecular weight is 586 g/mol. The summed E-state index contributed by atoms with van der Waals surface area (Å²) in [5.41, 5.74) is 14.1. The fourth-order valence-electron chi connectivity index (χ4n) is 9.01. The Morgan fingerprint density at radius 1 is 0.522 bits per heavy atom. The lowest BCUT2D eigenvalue weighted by molar-refractivity contribution is 0.424. The quantitative estimate of drug-likeness (QED) is 0.202. The fourth-order valence-corrected chi connectivity index (χ4v) is 9.01. The van der Waals surface area contributed by atoms with Crippen LogP contribution in [0.4, 0.5) is 0 Å². The second kappa shape index (κ2) is 10.2. The first-order valence-corrected chi connectivity index (χ1v) is 16.1. The maximum absolute atomic E-state index is 9.57. The van der Waals surface area contributed by atoms with E-state index in [1.807, 2.05) is 12.1 Å². The molecule has 0 fully saturated rings. The molecule has 6 aromatic rings. The van der Waals surface area contributed by atoms with E-state index in [1.165, 1.54) is 55.6 Å². The molecule has 0 heterocycles. The number of allylic oxidation sites excluding steroid dienone is 4. The van der Waals surface area contributed by atoms with Gasteiger partial charge in [0.05, 0.1) is 22.5 Å². The number of nitriles is 1. The Bertz CT molecular complexity index is 2250. The summed E-state index contributed by atoms with van der Waals surface area (Å²) in [7, 11) is 0. The molecular weight excluding hydrogens is 555 g/mol. The second-order valence-electron chi connectivity index (χ2n) is 12.6. The van der Waals surface area contributed by atoms with Crippen LogP contribution in [0.5, 0.6) is 0 Å². The number of benzene rings is 6. The lowest BCUT2D eigenvalue weighted by Gasteiger charge is -2.52. The first kappa shape index (κ1) is 26.7. The topological polar surface area (TPSA) is 23.8 Å². The molecule has 46 heavy (non-hydrogen) atoms. The summed E-state index contributed by atoms with van der Waals surface area (Å²) >= 11 is 0. The number of rotatable bonds is 4. The van der Waals surface area contributed by atoms with Crippen LogP contribution in [0, 0.1) is 17.2 Å². The molecule has 0 aromatic heterocycles. The van der Waals surface area contributed by atoms with Crippen LogP contribution in [0.3, 0.4) is 0 Å². The zero-order chi connectivity index (χ0) is 30.7. The molecule has 0 saturated carbocycles. The van der Waals surface area contributed by atoms with Crippen molar-refractivity contribution in [1.82, 2.24) is 0 Å². The van der Waals surface area contributed by atoms with Crippen LogP contribution >= 0.6 is 0 Å². The minimum Gasteiger partial charge on any atom is -0.192 e. The molecule has 1 heteroatoms. The van der Waals surface area contributed by atoms with Crippen molar-refractivity contribution < 1.29 is 0 Å². The molecule has 3 atom stereocenters. The smallest absolute Gasteiger partial charge is 0.0991 e. The van der Waals surface area contributed by atoms with Crippen molar-refractivity contribution in [1.29, 1.82) is 5.26 Å². The van der Waals surface area contributed by atoms with Crippen LogP contribution in [-0.2, 0) is 10.8 Å². The molecule has 1 nitrogen and oxygen atoms in total. The molecule has 0 aliphatic heterocycles. The first-order chi connectivity index (χ1) is 22.8. The SMILES string of the molecule is N#Cc1ccc(-c2ccccc2C2(C3C=CC=CC3)c3ccccc3C3(c4ccccc4)c4ccccc4-c4cccc2c43)cc1. The van der Waals surface area contributed by atoms with Gasteiger partial charge in [0, 0.05) is 0 Å². The van der Waals surface area contributed by atoms with Gasteiger partial charge >= 0.3 is 0 Å². The molecule has 0 bridgehead atoms. The van der Waals surface area contributed by atoms with Gasteiger partial charge in [0.1, 0.15) is 0 Å². The van der Waals surface area contributed by atoms with Crippen molar-refractivity contribution in [3.63, 3.8) is 0 Å². The third-order valence-electron chi connectivity index (χ3n) is 10.7. The summed E-state index contributed by atoms with van der Waals surface area (Å²) in [6.07, 6.45) is 10.1. The lowest BCUT2D eigenvalue weighted by atomic mass is 9.49. The van der Waals surface area contributed by atoms with E-state index in [9.17, 15) is 5.26 Å². The number of hydrogen-bond acceptors (Lipinski definition) is 1. The molecule has 0 radical (unpaired) electrons. The molecule has 0 N–H and O–H groups in total. The van der Waals surface area contributed by atoms with Crippen LogP contribution < -0.4 is 0 Å². The molecule has 0 amide bonds. The largest absolute Gasteiger partial charge is 0.192 e. The second-order valence-corrected chi connectivity index (χ2v) is 12.6. The highest BCUT2D eigenvalue weighted by molar-refractivity contribution is 5.91. The molecular formula is C45H31N. The van der Waals surface area contributed by atoms with Gasteiger partial charge in [-0.2, -0.15) is 5.26 Å². The highest BCUT2D eigenvalue weighted by Crippen LogP contribution is 2.66. The Morgan fingerprint density at radius 3 is 1.89 bits per heavy atom. The van der Waals surface area contributed by atoms with E-state index in [0.717, 1.165) is 12.0 Å². The monoisotopic (exact) mass is 585 g/mol. The predicted molar refractivity (Wildman–Crippen MR) is 187 cm³/mol. The summed E-state index contributed by atoms with van der Waals surface area (Å²) in [6, 6.07) is 55.8. The zero-order valence-electron chi connectivity index (χ0n) is 25.4. The predicted octanol–water partition coefficient (Wildman–Crippen LogP) is 10.4. The Labute approximate surface area is 270 Å². The van der Waals surface area contributed by atoms with E-state index in [0.29, 0.717) is 5.56 Å². The van der Waals surface area contributed by atoms with Crippen molar-refractivity contribution in [3.05, 3.63) is 214 Å². The van der Waals surface area contributed by atoms with Gasteiger partial charge in [0.15, 0.2) is 0 Å². The van der Waals surface area contributed by atoms with Crippen LogP contribution in [0.1, 0.15) is 50.9 Å². The molecule has 3 aliphatic carbocycles. The maximum Gasteiger partial charge on any atom is 0.0991 e. The summed E-state index contributed by atoms with van der Waals surface area (Å²) in [5, 5.41) is 9.57. The Kier molecular flexibility index (Phi) is 5.89. The zero-order valence-corrected chi connectivity index (χ0v) is 25.4. The third kappa shape index (κ3) is 3.39. The van der Waals surface area contributed by atoms with Crippen molar-refractivity contribution in [3.8, 4) is 28.3 Å². The molecule has 3 aliphatic rings. The number of hydrogen-bond donors (Lipinski definition) is 0. The summed E-state index contributed by atoms with van der Waals surface area (Å²) in [4.78, 5) is 0. The van der Waals surface area contributed by atoms with Crippen molar-refractivity contribution in [2.24, 2.45) is 5.92 Å². The first-order valence-electron chi connectivity index (χ1n) is 16.1. The Morgan fingerprint density at radius 2 is 1.15 bits per heavy atom. The molecule has 0 spiro atoms. The van der Waals surface area contributed by atoms with E-state index >= 15 is 0 Å². The molecule has 216 valence electrons. The Hall–Kier alpha value is -5.71. The molecule has 9 rings (SSSR count). The van der Waals surface area contributed by atoms with E-state index < -0.39 is 10.8 Å². The van der Waals surface area contributed by atoms with Gasteiger partial charge in [-0.3, -0.25) is 0 Å². The normalized spacial score (nSPS) is 21.6. The lowest BCUT2D eigenvalue weighted by Crippen LogP contribution is -2.47. The van der Waals surface area contributed by atoms with Crippen molar-refractivity contribution in [2.75, 3.05) is 0 Å². The van der Waals surface area contributed by atoms with E-state index in [1.54, 1.807) is 0 Å². The standard InChI is InChI=1S/C45H31N/c46-30-31-26-28-32(29-27-31)35-18-7-9-21-38(35)44(33-14-3-1-4-15-33)40-23-11-12-24-41(40)45(34-16-5-2-6-17-34)39-22-10-8-19-36(39)37-20-13-25-42(44)43(37)45/h1-14,16-29,33H,15H2. The molecule has 0 saturated heterocycles. The maximum atomic E-state index is 9.57. The van der Waals surface area contributed by atoms with Crippen LogP contribution in [0.25, 0.3) is 22.3 Å². The van der Waals surface area contributed by atoms with Crippen molar-refractivity contribution >= 4 is 0 Å². The van der Waals surface area contributed by atoms with Gasteiger partial charge in [0.2, 0.25) is 0 Å². The van der Waals surface area contributed by atoms with Gasteiger partial charge in [-0.15, -0.1) is 0 Å². The van der Waals surface area contributed by atoms with Crippen molar-refractivity contribution in [2.45, 2.75) is 17.3 Å². The van der Waals surface area contributed by atoms with E-state index in [-0.39, 0.29) is 5.92 Å². The fraction of sp³-hybridized carbons (Fsp3) is 0.0889. The molecule has 3 unspecified atom stereocenters. The van der Waals surface area contributed by atoms with Gasteiger partial charge in [0.25, 0.3) is 0 Å². The van der Waals surface area contributed by atoms with E-state index in [4.69, 9.17) is 0 Å². The van der Waals surface area contributed by atoms with Crippen LogP contribution in [0.15, 0.2) is 170 Å². The van der Waals surface area contributed by atoms with Crippen LogP contribution in [0.2, 0.25) is 0 Å². The highest BCUT2D eigenvalue weighted by Gasteiger charge is 2.58. The number of nitrogens with zero attached hydrogens (tertiary/aromatic N) is 1. The van der Waals surface area contributed by atoms with E-state index in [2.05, 4.69) is 164 Å². The van der Waals surface area contributed by atoms with Crippen LogP contribution in [-0.4, -0.2) is 0 Å². The van der Waals surface area contributed by atoms with Gasteiger partial charge in [-0.25, -0.2) is 0 Å². The summed E-state index contributed by atoms with van der Waals surface area (Å²) in [6.45, 7) is 0. The minimum absolute atomic E-state index is 0.183. The van der Waals surface area contributed by atoms with Gasteiger partial charge in [-0.05, 0) is 85.7 Å². The Balaban J connectivity index is 1.48. The average Bonchev–Trinajstić information content (AvgIpc) is 3.45. The summed E-state index contributed by atoms with van der Waals surface area (Å²) in [5.74, 6) is 0.183. The third-order valence-corrected chi connectivity index (χ3v) is 10.7. The number of fused-ring (bicyclic) bond motifs is 5. The highest BCUT2D eigenvalue weighted by atomic mass is 14.6. The van der Waals surface area contributed by atoms with Gasteiger partial charge in [-0.1, -0.05) is 158 Å². The minimum atomic E-state index is -0.478.